The van der Waals surface area contributed by atoms with Crippen LogP contribution in [-0.4, -0.2) is 26.6 Å². The summed E-state index contributed by atoms with van der Waals surface area (Å²) in [6.45, 7) is 4.25. The summed E-state index contributed by atoms with van der Waals surface area (Å²) in [6.07, 6.45) is 2.20. The predicted octanol–water partition coefficient (Wildman–Crippen LogP) is 3.58. The van der Waals surface area contributed by atoms with Gasteiger partial charge in [0.15, 0.2) is 0 Å². The maximum absolute atomic E-state index is 12.3. The van der Waals surface area contributed by atoms with Gasteiger partial charge in [0.2, 0.25) is 15.9 Å². The van der Waals surface area contributed by atoms with Crippen LogP contribution in [0.3, 0.4) is 0 Å². The number of rotatable bonds is 4. The van der Waals surface area contributed by atoms with E-state index in [-0.39, 0.29) is 11.7 Å². The lowest BCUT2D eigenvalue weighted by Crippen LogP contribution is -2.25. The minimum absolute atomic E-state index is 0.189. The molecule has 0 aliphatic carbocycles. The summed E-state index contributed by atoms with van der Waals surface area (Å²) in [5.41, 5.74) is 4.01. The standard InChI is InChI=1S/C20H22N2O3S/c1-15(17-7-4-3-5-8-17)14-20(23)21-18-9-10-19(16(2)13-18)22-11-6-12-26(22,24)25/h3-5,7-10,13-14H,6,11-12H2,1-2H3,(H,21,23)/b15-14+. The highest BCUT2D eigenvalue weighted by Crippen LogP contribution is 2.29. The molecule has 136 valence electrons. The molecule has 2 aromatic rings. The zero-order valence-electron chi connectivity index (χ0n) is 14.9. The van der Waals surface area contributed by atoms with Crippen LogP contribution < -0.4 is 9.62 Å². The molecule has 1 amide bonds. The number of nitrogens with one attached hydrogen (secondary N) is 1. The number of hydrogen-bond acceptors (Lipinski definition) is 3. The topological polar surface area (TPSA) is 66.5 Å². The molecule has 2 aromatic carbocycles. The number of benzene rings is 2. The normalized spacial score (nSPS) is 16.5. The van der Waals surface area contributed by atoms with E-state index in [0.717, 1.165) is 16.7 Å². The van der Waals surface area contributed by atoms with Gasteiger partial charge in [0, 0.05) is 18.3 Å². The van der Waals surface area contributed by atoms with Crippen molar-refractivity contribution in [2.45, 2.75) is 20.3 Å². The molecule has 1 fully saturated rings. The number of anilines is 2. The maximum atomic E-state index is 12.3. The Kier molecular flexibility index (Phi) is 5.13. The summed E-state index contributed by atoms with van der Waals surface area (Å²) < 4.78 is 25.6. The van der Waals surface area contributed by atoms with Crippen LogP contribution in [0.1, 0.15) is 24.5 Å². The monoisotopic (exact) mass is 370 g/mol. The van der Waals surface area contributed by atoms with Crippen molar-refractivity contribution < 1.29 is 13.2 Å². The second-order valence-corrected chi connectivity index (χ2v) is 8.44. The third-order valence-electron chi connectivity index (χ3n) is 4.41. The Balaban J connectivity index is 1.75. The number of allylic oxidation sites excluding steroid dienone is 1. The van der Waals surface area contributed by atoms with Crippen LogP contribution in [0.4, 0.5) is 11.4 Å². The summed E-state index contributed by atoms with van der Waals surface area (Å²) in [5, 5.41) is 2.84. The summed E-state index contributed by atoms with van der Waals surface area (Å²) in [6, 6.07) is 15.0. The van der Waals surface area contributed by atoms with Crippen molar-refractivity contribution in [3.8, 4) is 0 Å². The van der Waals surface area contributed by atoms with Crippen molar-refractivity contribution in [1.82, 2.24) is 0 Å². The van der Waals surface area contributed by atoms with Gasteiger partial charge in [-0.2, -0.15) is 0 Å². The Bertz CT molecular complexity index is 950. The van der Waals surface area contributed by atoms with Crippen molar-refractivity contribution in [2.24, 2.45) is 0 Å². The second-order valence-electron chi connectivity index (χ2n) is 6.43. The molecule has 1 saturated heterocycles. The lowest BCUT2D eigenvalue weighted by Gasteiger charge is -2.19. The molecular weight excluding hydrogens is 348 g/mol. The van der Waals surface area contributed by atoms with E-state index in [1.807, 2.05) is 44.2 Å². The maximum Gasteiger partial charge on any atom is 0.248 e. The van der Waals surface area contributed by atoms with Gasteiger partial charge < -0.3 is 5.32 Å². The molecule has 0 bridgehead atoms. The number of hydrogen-bond donors (Lipinski definition) is 1. The molecule has 0 unspecified atom stereocenters. The van der Waals surface area contributed by atoms with E-state index in [1.165, 1.54) is 4.31 Å². The fraction of sp³-hybridized carbons (Fsp3) is 0.250. The van der Waals surface area contributed by atoms with E-state index in [0.29, 0.717) is 24.3 Å². The molecule has 26 heavy (non-hydrogen) atoms. The number of aryl methyl sites for hydroxylation is 1. The smallest absolute Gasteiger partial charge is 0.248 e. The molecule has 5 nitrogen and oxygen atoms in total. The van der Waals surface area contributed by atoms with Gasteiger partial charge in [0.25, 0.3) is 0 Å². The molecule has 0 radical (unpaired) electrons. The van der Waals surface area contributed by atoms with Crippen LogP contribution in [0.25, 0.3) is 5.57 Å². The lowest BCUT2D eigenvalue weighted by atomic mass is 10.1. The number of amides is 1. The van der Waals surface area contributed by atoms with E-state index in [2.05, 4.69) is 5.32 Å². The largest absolute Gasteiger partial charge is 0.322 e. The molecule has 6 heteroatoms. The molecule has 1 N–H and O–H groups in total. The van der Waals surface area contributed by atoms with E-state index >= 15 is 0 Å². The number of nitrogens with zero attached hydrogens (tertiary/aromatic N) is 1. The van der Waals surface area contributed by atoms with Gasteiger partial charge in [-0.15, -0.1) is 0 Å². The number of carbonyl (C=O) groups excluding carboxylic acids is 1. The Labute approximate surface area is 154 Å². The first-order chi connectivity index (χ1) is 12.4. The van der Waals surface area contributed by atoms with Gasteiger partial charge in [0.05, 0.1) is 11.4 Å². The zero-order chi connectivity index (χ0) is 18.7. The average molecular weight is 370 g/mol. The van der Waals surface area contributed by atoms with E-state index < -0.39 is 10.0 Å². The molecule has 1 heterocycles. The lowest BCUT2D eigenvalue weighted by molar-refractivity contribution is -0.111. The highest BCUT2D eigenvalue weighted by molar-refractivity contribution is 7.93. The van der Waals surface area contributed by atoms with Crippen molar-refractivity contribution >= 4 is 32.9 Å². The van der Waals surface area contributed by atoms with Crippen LogP contribution in [0.15, 0.2) is 54.6 Å². The van der Waals surface area contributed by atoms with Gasteiger partial charge >= 0.3 is 0 Å². The highest BCUT2D eigenvalue weighted by Gasteiger charge is 2.29. The van der Waals surface area contributed by atoms with Crippen LogP contribution in [-0.2, 0) is 14.8 Å². The first kappa shape index (κ1) is 18.2. The van der Waals surface area contributed by atoms with Crippen LogP contribution >= 0.6 is 0 Å². The molecule has 0 atom stereocenters. The van der Waals surface area contributed by atoms with E-state index in [4.69, 9.17) is 0 Å². The third kappa shape index (κ3) is 3.96. The fourth-order valence-electron chi connectivity index (χ4n) is 3.08. The minimum atomic E-state index is -3.21. The molecule has 0 saturated carbocycles. The Morgan fingerprint density at radius 2 is 1.88 bits per heavy atom. The number of carbonyl (C=O) groups is 1. The zero-order valence-corrected chi connectivity index (χ0v) is 15.7. The summed E-state index contributed by atoms with van der Waals surface area (Å²) in [5.74, 6) is -0.0265. The van der Waals surface area contributed by atoms with Crippen molar-refractivity contribution in [2.75, 3.05) is 21.9 Å². The van der Waals surface area contributed by atoms with Gasteiger partial charge in [-0.1, -0.05) is 30.3 Å². The van der Waals surface area contributed by atoms with Crippen molar-refractivity contribution in [3.63, 3.8) is 0 Å². The van der Waals surface area contributed by atoms with Crippen LogP contribution in [0.5, 0.6) is 0 Å². The number of sulfonamides is 1. The minimum Gasteiger partial charge on any atom is -0.322 e. The van der Waals surface area contributed by atoms with Crippen LogP contribution in [0.2, 0.25) is 0 Å². The molecular formula is C20H22N2O3S. The molecule has 0 spiro atoms. The summed E-state index contributed by atoms with van der Waals surface area (Å²) in [4.78, 5) is 12.3. The predicted molar refractivity (Wildman–Crippen MR) is 106 cm³/mol. The van der Waals surface area contributed by atoms with E-state index in [1.54, 1.807) is 24.3 Å². The molecule has 3 rings (SSSR count). The first-order valence-corrected chi connectivity index (χ1v) is 10.1. The SMILES string of the molecule is C/C(=C\C(=O)Nc1ccc(N2CCCS2(=O)=O)c(C)c1)c1ccccc1. The van der Waals surface area contributed by atoms with Gasteiger partial charge in [-0.25, -0.2) is 8.42 Å². The average Bonchev–Trinajstić information content (AvgIpc) is 2.95. The molecule has 0 aromatic heterocycles. The fourth-order valence-corrected chi connectivity index (χ4v) is 4.71. The van der Waals surface area contributed by atoms with Crippen molar-refractivity contribution in [3.05, 3.63) is 65.7 Å². The van der Waals surface area contributed by atoms with Gasteiger partial charge in [-0.3, -0.25) is 9.10 Å². The molecule has 1 aliphatic heterocycles. The Morgan fingerprint density at radius 3 is 2.50 bits per heavy atom. The highest BCUT2D eigenvalue weighted by atomic mass is 32.2. The van der Waals surface area contributed by atoms with E-state index in [9.17, 15) is 13.2 Å². The molecule has 1 aliphatic rings. The first-order valence-electron chi connectivity index (χ1n) is 8.52. The van der Waals surface area contributed by atoms with Crippen LogP contribution in [0, 0.1) is 6.92 Å². The third-order valence-corrected chi connectivity index (χ3v) is 6.26. The second kappa shape index (κ2) is 7.33. The summed E-state index contributed by atoms with van der Waals surface area (Å²) in [7, 11) is -3.21. The van der Waals surface area contributed by atoms with Gasteiger partial charge in [0.1, 0.15) is 0 Å². The summed E-state index contributed by atoms with van der Waals surface area (Å²) >= 11 is 0. The Morgan fingerprint density at radius 1 is 1.15 bits per heavy atom. The quantitative estimate of drug-likeness (QED) is 0.837. The Hall–Kier alpha value is -2.60. The van der Waals surface area contributed by atoms with Crippen molar-refractivity contribution in [1.29, 1.82) is 0 Å². The van der Waals surface area contributed by atoms with Gasteiger partial charge in [-0.05, 0) is 55.2 Å².